The van der Waals surface area contributed by atoms with E-state index < -0.39 is 0 Å². The standard InChI is InChI=1S/C16H21N3O2/c1-3-10-6-12-13(7-10)16(21)19(15(12)20)9-11-4-5-14(17-2)18-8-11/h4-5,8,10,12-13H,3,6-7,9H2,1-2H3,(H,17,18). The van der Waals surface area contributed by atoms with Gasteiger partial charge < -0.3 is 5.32 Å². The molecule has 3 rings (SSSR count). The lowest BCUT2D eigenvalue weighted by atomic mass is 10.00. The average Bonchev–Trinajstić information content (AvgIpc) is 3.03. The Bertz CT molecular complexity index is 531. The number of hydrogen-bond donors (Lipinski definition) is 1. The van der Waals surface area contributed by atoms with Crippen LogP contribution in [-0.4, -0.2) is 28.7 Å². The largest absolute Gasteiger partial charge is 0.373 e. The molecule has 2 heterocycles. The van der Waals surface area contributed by atoms with E-state index in [1.54, 1.807) is 13.2 Å². The number of carbonyl (C=O) groups is 2. The molecule has 1 aliphatic heterocycles. The molecule has 1 aromatic heterocycles. The first-order valence-corrected chi connectivity index (χ1v) is 7.62. The Morgan fingerprint density at radius 1 is 1.24 bits per heavy atom. The summed E-state index contributed by atoms with van der Waals surface area (Å²) in [5.74, 6) is 1.18. The Balaban J connectivity index is 1.72. The Labute approximate surface area is 124 Å². The Morgan fingerprint density at radius 2 is 1.90 bits per heavy atom. The van der Waals surface area contributed by atoms with E-state index in [4.69, 9.17) is 0 Å². The first kappa shape index (κ1) is 14.0. The van der Waals surface area contributed by atoms with Gasteiger partial charge in [0.25, 0.3) is 0 Å². The van der Waals surface area contributed by atoms with Crippen molar-refractivity contribution in [3.05, 3.63) is 23.9 Å². The second kappa shape index (κ2) is 5.47. The average molecular weight is 287 g/mol. The lowest BCUT2D eigenvalue weighted by Crippen LogP contribution is -2.31. The summed E-state index contributed by atoms with van der Waals surface area (Å²) in [4.78, 5) is 30.6. The summed E-state index contributed by atoms with van der Waals surface area (Å²) in [7, 11) is 1.81. The van der Waals surface area contributed by atoms with Crippen LogP contribution in [0.4, 0.5) is 5.82 Å². The van der Waals surface area contributed by atoms with Crippen LogP contribution in [-0.2, 0) is 16.1 Å². The fraction of sp³-hybridized carbons (Fsp3) is 0.562. The molecule has 5 nitrogen and oxygen atoms in total. The monoisotopic (exact) mass is 287 g/mol. The zero-order valence-electron chi connectivity index (χ0n) is 12.5. The molecule has 2 unspecified atom stereocenters. The minimum Gasteiger partial charge on any atom is -0.373 e. The van der Waals surface area contributed by atoms with Crippen molar-refractivity contribution in [1.29, 1.82) is 0 Å². The van der Waals surface area contributed by atoms with Crippen molar-refractivity contribution in [2.45, 2.75) is 32.7 Å². The Hall–Kier alpha value is -1.91. The molecular formula is C16H21N3O2. The van der Waals surface area contributed by atoms with E-state index in [0.29, 0.717) is 12.5 Å². The maximum absolute atomic E-state index is 12.5. The lowest BCUT2D eigenvalue weighted by Gasteiger charge is -2.17. The number of rotatable bonds is 4. The van der Waals surface area contributed by atoms with Gasteiger partial charge in [0.15, 0.2) is 0 Å². The zero-order chi connectivity index (χ0) is 15.0. The van der Waals surface area contributed by atoms with E-state index in [0.717, 1.165) is 30.6 Å². The summed E-state index contributed by atoms with van der Waals surface area (Å²) in [6, 6.07) is 3.76. The smallest absolute Gasteiger partial charge is 0.233 e. The minimum absolute atomic E-state index is 0.0126. The van der Waals surface area contributed by atoms with Crippen molar-refractivity contribution in [2.24, 2.45) is 17.8 Å². The van der Waals surface area contributed by atoms with Crippen molar-refractivity contribution in [3.8, 4) is 0 Å². The molecule has 1 saturated carbocycles. The third kappa shape index (κ3) is 2.41. The van der Waals surface area contributed by atoms with Gasteiger partial charge in [-0.25, -0.2) is 4.98 Å². The summed E-state index contributed by atoms with van der Waals surface area (Å²) < 4.78 is 0. The van der Waals surface area contributed by atoms with Crippen LogP contribution in [0.15, 0.2) is 18.3 Å². The maximum atomic E-state index is 12.5. The number of likely N-dealkylation sites (tertiary alicyclic amines) is 1. The molecule has 1 aromatic rings. The normalized spacial score (nSPS) is 28.1. The van der Waals surface area contributed by atoms with Gasteiger partial charge in [-0.05, 0) is 30.4 Å². The van der Waals surface area contributed by atoms with Crippen molar-refractivity contribution in [2.75, 3.05) is 12.4 Å². The van der Waals surface area contributed by atoms with E-state index >= 15 is 0 Å². The molecule has 2 atom stereocenters. The number of nitrogens with one attached hydrogen (secondary N) is 1. The third-order valence-electron chi connectivity index (χ3n) is 4.83. The van der Waals surface area contributed by atoms with Crippen LogP contribution in [0.1, 0.15) is 31.7 Å². The van der Waals surface area contributed by atoms with Crippen LogP contribution in [0.5, 0.6) is 0 Å². The Morgan fingerprint density at radius 3 is 2.38 bits per heavy atom. The van der Waals surface area contributed by atoms with Gasteiger partial charge in [-0.15, -0.1) is 0 Å². The van der Waals surface area contributed by atoms with E-state index in [1.165, 1.54) is 4.90 Å². The number of amides is 2. The van der Waals surface area contributed by atoms with Crippen LogP contribution in [0.2, 0.25) is 0 Å². The molecule has 0 radical (unpaired) electrons. The van der Waals surface area contributed by atoms with Gasteiger partial charge in [0.1, 0.15) is 5.82 Å². The summed E-state index contributed by atoms with van der Waals surface area (Å²) >= 11 is 0. The number of carbonyl (C=O) groups excluding carboxylic acids is 2. The van der Waals surface area contributed by atoms with Gasteiger partial charge in [0.05, 0.1) is 18.4 Å². The SMILES string of the molecule is CCC1CC2C(=O)N(Cc3ccc(NC)nc3)C(=O)C2C1. The predicted molar refractivity (Wildman–Crippen MR) is 79.3 cm³/mol. The van der Waals surface area contributed by atoms with Crippen molar-refractivity contribution in [1.82, 2.24) is 9.88 Å². The first-order chi connectivity index (χ1) is 10.1. The minimum atomic E-state index is -0.0769. The fourth-order valence-corrected chi connectivity index (χ4v) is 3.54. The molecule has 0 aromatic carbocycles. The van der Waals surface area contributed by atoms with Gasteiger partial charge in [-0.3, -0.25) is 14.5 Å². The number of imide groups is 1. The summed E-state index contributed by atoms with van der Waals surface area (Å²) in [6.45, 7) is 2.48. The van der Waals surface area contributed by atoms with Crippen LogP contribution in [0, 0.1) is 17.8 Å². The van der Waals surface area contributed by atoms with Crippen LogP contribution in [0.3, 0.4) is 0 Å². The van der Waals surface area contributed by atoms with Gasteiger partial charge in [-0.2, -0.15) is 0 Å². The lowest BCUT2D eigenvalue weighted by molar-refractivity contribution is -0.141. The highest BCUT2D eigenvalue weighted by Crippen LogP contribution is 2.44. The predicted octanol–water partition coefficient (Wildman–Crippen LogP) is 2.04. The van der Waals surface area contributed by atoms with Crippen molar-refractivity contribution >= 4 is 17.6 Å². The summed E-state index contributed by atoms with van der Waals surface area (Å²) in [5.41, 5.74) is 0.891. The molecule has 1 saturated heterocycles. The highest BCUT2D eigenvalue weighted by atomic mass is 16.2. The van der Waals surface area contributed by atoms with E-state index in [-0.39, 0.29) is 23.7 Å². The highest BCUT2D eigenvalue weighted by Gasteiger charge is 2.51. The third-order valence-corrected chi connectivity index (χ3v) is 4.83. The number of pyridine rings is 1. The quantitative estimate of drug-likeness (QED) is 0.861. The molecule has 0 spiro atoms. The highest BCUT2D eigenvalue weighted by molar-refractivity contribution is 6.05. The van der Waals surface area contributed by atoms with E-state index in [2.05, 4.69) is 17.2 Å². The molecule has 1 N–H and O–H groups in total. The van der Waals surface area contributed by atoms with Gasteiger partial charge in [0.2, 0.25) is 11.8 Å². The Kier molecular flexibility index (Phi) is 3.66. The second-order valence-corrected chi connectivity index (χ2v) is 6.02. The van der Waals surface area contributed by atoms with Crippen molar-refractivity contribution < 1.29 is 9.59 Å². The first-order valence-electron chi connectivity index (χ1n) is 7.62. The molecular weight excluding hydrogens is 266 g/mol. The van der Waals surface area contributed by atoms with Crippen molar-refractivity contribution in [3.63, 3.8) is 0 Å². The number of fused-ring (bicyclic) bond motifs is 1. The number of aromatic nitrogens is 1. The van der Waals surface area contributed by atoms with Crippen LogP contribution < -0.4 is 5.32 Å². The van der Waals surface area contributed by atoms with Gasteiger partial charge in [-0.1, -0.05) is 19.4 Å². The summed E-state index contributed by atoms with van der Waals surface area (Å²) in [6.07, 6.45) is 4.52. The molecule has 2 aliphatic rings. The maximum Gasteiger partial charge on any atom is 0.233 e. The summed E-state index contributed by atoms with van der Waals surface area (Å²) in [5, 5.41) is 2.95. The molecule has 2 fully saturated rings. The molecule has 0 bridgehead atoms. The van der Waals surface area contributed by atoms with E-state index in [1.807, 2.05) is 12.1 Å². The molecule has 1 aliphatic carbocycles. The molecule has 5 heteroatoms. The molecule has 112 valence electrons. The number of anilines is 1. The number of nitrogens with zero attached hydrogens (tertiary/aromatic N) is 2. The second-order valence-electron chi connectivity index (χ2n) is 6.02. The van der Waals surface area contributed by atoms with Gasteiger partial charge in [0, 0.05) is 13.2 Å². The molecule has 21 heavy (non-hydrogen) atoms. The van der Waals surface area contributed by atoms with Gasteiger partial charge >= 0.3 is 0 Å². The van der Waals surface area contributed by atoms with Crippen LogP contribution in [0.25, 0.3) is 0 Å². The zero-order valence-corrected chi connectivity index (χ0v) is 12.5. The topological polar surface area (TPSA) is 62.3 Å². The number of hydrogen-bond acceptors (Lipinski definition) is 4. The molecule has 2 amide bonds. The fourth-order valence-electron chi connectivity index (χ4n) is 3.54. The van der Waals surface area contributed by atoms with E-state index in [9.17, 15) is 9.59 Å². The van der Waals surface area contributed by atoms with Crippen LogP contribution >= 0.6 is 0 Å².